The van der Waals surface area contributed by atoms with Gasteiger partial charge in [-0.2, -0.15) is 0 Å². The van der Waals surface area contributed by atoms with Crippen molar-refractivity contribution < 1.29 is 9.84 Å². The molecule has 3 heteroatoms. The molecule has 0 aromatic heterocycles. The number of hydrogen-bond acceptors (Lipinski definition) is 3. The average Bonchev–Trinajstić information content (AvgIpc) is 2.67. The van der Waals surface area contributed by atoms with Gasteiger partial charge in [-0.05, 0) is 73.6 Å². The van der Waals surface area contributed by atoms with Crippen LogP contribution in [0.5, 0.6) is 11.5 Å². The van der Waals surface area contributed by atoms with Crippen LogP contribution in [-0.4, -0.2) is 17.9 Å². The summed E-state index contributed by atoms with van der Waals surface area (Å²) in [5.74, 6) is 1.86. The van der Waals surface area contributed by atoms with E-state index in [2.05, 4.69) is 11.2 Å². The van der Waals surface area contributed by atoms with Crippen molar-refractivity contribution in [2.45, 2.75) is 44.9 Å². The highest BCUT2D eigenvalue weighted by Gasteiger charge is 2.10. The fourth-order valence-corrected chi connectivity index (χ4v) is 3.23. The maximum Gasteiger partial charge on any atom is 0.119 e. The molecule has 1 N–H and O–H groups in total. The molecular formula is C22H27NO2. The average molecular weight is 337 g/mol. The molecule has 3 rings (SSSR count). The summed E-state index contributed by atoms with van der Waals surface area (Å²) in [6.45, 7) is 0.686. The smallest absolute Gasteiger partial charge is 0.119 e. The topological polar surface area (TPSA) is 41.8 Å². The van der Waals surface area contributed by atoms with E-state index >= 15 is 0 Å². The summed E-state index contributed by atoms with van der Waals surface area (Å²) < 4.78 is 5.80. The van der Waals surface area contributed by atoms with Gasteiger partial charge < -0.3 is 9.84 Å². The van der Waals surface area contributed by atoms with Gasteiger partial charge in [-0.3, -0.25) is 4.99 Å². The van der Waals surface area contributed by atoms with E-state index in [1.54, 1.807) is 12.1 Å². The van der Waals surface area contributed by atoms with Gasteiger partial charge in [-0.15, -0.1) is 0 Å². The van der Waals surface area contributed by atoms with Crippen LogP contribution < -0.4 is 4.74 Å². The van der Waals surface area contributed by atoms with E-state index < -0.39 is 0 Å². The Morgan fingerprint density at radius 3 is 2.40 bits per heavy atom. The summed E-state index contributed by atoms with van der Waals surface area (Å²) >= 11 is 0. The lowest BCUT2D eigenvalue weighted by atomic mass is 9.90. The first-order valence-corrected chi connectivity index (χ1v) is 9.34. The lowest BCUT2D eigenvalue weighted by Crippen LogP contribution is -2.06. The molecule has 0 heterocycles. The first-order valence-electron chi connectivity index (χ1n) is 9.34. The van der Waals surface area contributed by atoms with Crippen molar-refractivity contribution in [2.75, 3.05) is 6.61 Å². The normalized spacial score (nSPS) is 15.5. The largest absolute Gasteiger partial charge is 0.508 e. The highest BCUT2D eigenvalue weighted by Crippen LogP contribution is 2.24. The van der Waals surface area contributed by atoms with Crippen LogP contribution in [0.2, 0.25) is 0 Å². The Balaban J connectivity index is 1.39. The minimum Gasteiger partial charge on any atom is -0.508 e. The predicted octanol–water partition coefficient (Wildman–Crippen LogP) is 5.69. The van der Waals surface area contributed by atoms with Gasteiger partial charge in [0.15, 0.2) is 0 Å². The monoisotopic (exact) mass is 337 g/mol. The molecule has 1 aliphatic carbocycles. The molecule has 0 aliphatic heterocycles. The first-order chi connectivity index (χ1) is 12.3. The second-order valence-corrected chi connectivity index (χ2v) is 6.79. The Hall–Kier alpha value is -2.29. The number of nitrogens with zero attached hydrogens (tertiary/aromatic N) is 1. The zero-order chi connectivity index (χ0) is 17.3. The molecule has 2 aromatic carbocycles. The Morgan fingerprint density at radius 2 is 1.68 bits per heavy atom. The van der Waals surface area contributed by atoms with Gasteiger partial charge in [0, 0.05) is 6.21 Å². The Kier molecular flexibility index (Phi) is 6.49. The third-order valence-electron chi connectivity index (χ3n) is 4.74. The van der Waals surface area contributed by atoms with Crippen LogP contribution in [0.25, 0.3) is 0 Å². The van der Waals surface area contributed by atoms with Crippen molar-refractivity contribution in [3.8, 4) is 11.5 Å². The summed E-state index contributed by atoms with van der Waals surface area (Å²) in [5.41, 5.74) is 2.22. The first kappa shape index (κ1) is 17.5. The van der Waals surface area contributed by atoms with Gasteiger partial charge in [0.2, 0.25) is 0 Å². The number of phenolic OH excluding ortho intramolecular Hbond substituents is 1. The van der Waals surface area contributed by atoms with E-state index in [9.17, 15) is 5.11 Å². The fourth-order valence-electron chi connectivity index (χ4n) is 3.23. The lowest BCUT2D eigenvalue weighted by Gasteiger charge is -2.16. The highest BCUT2D eigenvalue weighted by molar-refractivity contribution is 5.66. The number of aliphatic imine (C=N–C) groups is 1. The quantitative estimate of drug-likeness (QED) is 0.521. The lowest BCUT2D eigenvalue weighted by molar-refractivity contribution is 0.311. The van der Waals surface area contributed by atoms with Gasteiger partial charge in [0.25, 0.3) is 0 Å². The zero-order valence-corrected chi connectivity index (χ0v) is 14.7. The van der Waals surface area contributed by atoms with Crippen LogP contribution >= 0.6 is 0 Å². The Bertz CT molecular complexity index is 655. The van der Waals surface area contributed by atoms with E-state index in [1.807, 2.05) is 36.4 Å². The summed E-state index contributed by atoms with van der Waals surface area (Å²) in [6.07, 6.45) is 10.7. The van der Waals surface area contributed by atoms with Crippen molar-refractivity contribution in [3.05, 3.63) is 54.1 Å². The van der Waals surface area contributed by atoms with E-state index in [0.29, 0.717) is 18.3 Å². The SMILES string of the molecule is Oc1ccc(CCCOc2ccc(N=CC3CCCCC3)cc2)cc1. The van der Waals surface area contributed by atoms with Crippen LogP contribution in [0.1, 0.15) is 44.1 Å². The van der Waals surface area contributed by atoms with Gasteiger partial charge in [0.1, 0.15) is 11.5 Å². The predicted molar refractivity (Wildman–Crippen MR) is 103 cm³/mol. The molecule has 0 unspecified atom stereocenters. The molecule has 1 saturated carbocycles. The minimum absolute atomic E-state index is 0.311. The minimum atomic E-state index is 0.311. The molecule has 0 atom stereocenters. The maximum absolute atomic E-state index is 9.28. The zero-order valence-electron chi connectivity index (χ0n) is 14.7. The molecule has 0 saturated heterocycles. The van der Waals surface area contributed by atoms with E-state index in [1.165, 1.54) is 37.7 Å². The molecule has 0 radical (unpaired) electrons. The number of aromatic hydroxyl groups is 1. The molecule has 1 aliphatic rings. The Labute approximate surface area is 150 Å². The molecule has 132 valence electrons. The second-order valence-electron chi connectivity index (χ2n) is 6.79. The molecule has 25 heavy (non-hydrogen) atoms. The number of phenols is 1. The third-order valence-corrected chi connectivity index (χ3v) is 4.74. The standard InChI is InChI=1S/C22H27NO2/c24-21-12-8-18(9-13-21)7-4-16-25-22-14-10-20(11-15-22)23-17-19-5-2-1-3-6-19/h8-15,17,19,24H,1-7,16H2. The van der Waals surface area contributed by atoms with Crippen LogP contribution in [0.4, 0.5) is 5.69 Å². The van der Waals surface area contributed by atoms with Crippen LogP contribution in [-0.2, 0) is 6.42 Å². The number of hydrogen-bond donors (Lipinski definition) is 1. The summed E-state index contributed by atoms with van der Waals surface area (Å²) in [7, 11) is 0. The fraction of sp³-hybridized carbons (Fsp3) is 0.409. The molecule has 3 nitrogen and oxygen atoms in total. The second kappa shape index (κ2) is 9.26. The van der Waals surface area contributed by atoms with Crippen LogP contribution in [0.3, 0.4) is 0 Å². The van der Waals surface area contributed by atoms with Gasteiger partial charge >= 0.3 is 0 Å². The van der Waals surface area contributed by atoms with Crippen molar-refractivity contribution in [2.24, 2.45) is 10.9 Å². The summed E-state index contributed by atoms with van der Waals surface area (Å²) in [6, 6.07) is 15.4. The van der Waals surface area contributed by atoms with E-state index in [0.717, 1.165) is 24.3 Å². The number of benzene rings is 2. The van der Waals surface area contributed by atoms with Gasteiger partial charge in [-0.25, -0.2) is 0 Å². The highest BCUT2D eigenvalue weighted by atomic mass is 16.5. The van der Waals surface area contributed by atoms with Crippen molar-refractivity contribution in [1.29, 1.82) is 0 Å². The molecule has 2 aromatic rings. The van der Waals surface area contributed by atoms with Gasteiger partial charge in [0.05, 0.1) is 12.3 Å². The van der Waals surface area contributed by atoms with Crippen LogP contribution in [0.15, 0.2) is 53.5 Å². The number of rotatable bonds is 7. The van der Waals surface area contributed by atoms with Crippen molar-refractivity contribution in [3.63, 3.8) is 0 Å². The molecule has 0 spiro atoms. The summed E-state index contributed by atoms with van der Waals surface area (Å²) in [5, 5.41) is 9.28. The van der Waals surface area contributed by atoms with Gasteiger partial charge in [-0.1, -0.05) is 31.4 Å². The summed E-state index contributed by atoms with van der Waals surface area (Å²) in [4.78, 5) is 4.61. The Morgan fingerprint density at radius 1 is 0.960 bits per heavy atom. The number of ether oxygens (including phenoxy) is 1. The third kappa shape index (κ3) is 5.93. The van der Waals surface area contributed by atoms with Crippen molar-refractivity contribution in [1.82, 2.24) is 0 Å². The van der Waals surface area contributed by atoms with E-state index in [-0.39, 0.29) is 0 Å². The molecular weight excluding hydrogens is 310 g/mol. The molecule has 0 amide bonds. The van der Waals surface area contributed by atoms with Crippen molar-refractivity contribution >= 4 is 11.9 Å². The van der Waals surface area contributed by atoms with Crippen LogP contribution in [0, 0.1) is 5.92 Å². The maximum atomic E-state index is 9.28. The molecule has 1 fully saturated rings. The molecule has 0 bridgehead atoms. The van der Waals surface area contributed by atoms with E-state index in [4.69, 9.17) is 4.74 Å². The number of aryl methyl sites for hydroxylation is 1.